The molecule has 2 aromatic heterocycles. The maximum Gasteiger partial charge on any atom is 0.265 e. The highest BCUT2D eigenvalue weighted by Crippen LogP contribution is 2.35. The fourth-order valence-corrected chi connectivity index (χ4v) is 4.15. The first-order chi connectivity index (χ1) is 13.5. The second-order valence-corrected chi connectivity index (χ2v) is 7.62. The number of nitrogen functional groups attached to an aromatic ring is 1. The number of aromatic nitrogens is 4. The summed E-state index contributed by atoms with van der Waals surface area (Å²) < 4.78 is 33.6. The molecule has 10 heteroatoms. The van der Waals surface area contributed by atoms with Gasteiger partial charge in [-0.25, -0.2) is 23.7 Å². The van der Waals surface area contributed by atoms with Crippen molar-refractivity contribution in [3.63, 3.8) is 0 Å². The second kappa shape index (κ2) is 6.47. The Labute approximate surface area is 160 Å². The van der Waals surface area contributed by atoms with Crippen molar-refractivity contribution in [2.24, 2.45) is 0 Å². The Morgan fingerprint density at radius 1 is 1.21 bits per heavy atom. The molecule has 3 aliphatic rings. The first-order valence-corrected chi connectivity index (χ1v) is 9.45. The fraction of sp³-hybridized carbons (Fsp3) is 0.556. The Hall–Kier alpha value is -2.62. The Morgan fingerprint density at radius 2 is 2.04 bits per heavy atom. The lowest BCUT2D eigenvalue weighted by atomic mass is 10.1. The van der Waals surface area contributed by atoms with Gasteiger partial charge in [0.05, 0.1) is 31.0 Å². The van der Waals surface area contributed by atoms with Crippen LogP contribution in [-0.2, 0) is 4.74 Å². The number of alkyl halides is 2. The highest BCUT2D eigenvalue weighted by molar-refractivity contribution is 5.64. The Morgan fingerprint density at radius 3 is 2.71 bits per heavy atom. The van der Waals surface area contributed by atoms with Gasteiger partial charge < -0.3 is 20.3 Å². The van der Waals surface area contributed by atoms with Crippen LogP contribution in [0.1, 0.15) is 19.3 Å². The standard InChI is InChI=1S/C18H21F2N7O/c19-18(20)2-1-3-26(10-18)17-24-14(11-6-22-16(21)23-7-11)5-15(25-17)27-8-13-4-12(27)9-28-13/h5-7,12-13H,1-4,8-10H2,(H2,21,22,23)/t12-,13-/m0/s1. The van der Waals surface area contributed by atoms with Gasteiger partial charge in [0.2, 0.25) is 11.9 Å². The highest BCUT2D eigenvalue weighted by atomic mass is 19.3. The van der Waals surface area contributed by atoms with Crippen LogP contribution in [0.15, 0.2) is 18.5 Å². The molecule has 5 heterocycles. The minimum absolute atomic E-state index is 0.102. The molecule has 2 N–H and O–H groups in total. The predicted octanol–water partition coefficient (Wildman–Crippen LogP) is 1.73. The van der Waals surface area contributed by atoms with Crippen LogP contribution in [0, 0.1) is 0 Å². The molecule has 148 valence electrons. The number of fused-ring (bicyclic) bond motifs is 2. The smallest absolute Gasteiger partial charge is 0.265 e. The summed E-state index contributed by atoms with van der Waals surface area (Å²) in [6, 6.07) is 2.12. The van der Waals surface area contributed by atoms with Crippen molar-refractivity contribution in [1.29, 1.82) is 0 Å². The number of piperidine rings is 1. The Kier molecular flexibility index (Phi) is 4.04. The van der Waals surface area contributed by atoms with Crippen LogP contribution in [0.3, 0.4) is 0 Å². The summed E-state index contributed by atoms with van der Waals surface area (Å²) in [5.41, 5.74) is 6.85. The van der Waals surface area contributed by atoms with Gasteiger partial charge >= 0.3 is 0 Å². The molecular formula is C18H21F2N7O. The molecule has 2 bridgehead atoms. The van der Waals surface area contributed by atoms with Gasteiger partial charge in [-0.1, -0.05) is 0 Å². The molecule has 0 amide bonds. The quantitative estimate of drug-likeness (QED) is 0.848. The van der Waals surface area contributed by atoms with Crippen LogP contribution < -0.4 is 15.5 Å². The maximum atomic E-state index is 14.0. The molecule has 5 rings (SSSR count). The topological polar surface area (TPSA) is 93.3 Å². The second-order valence-electron chi connectivity index (χ2n) is 7.62. The van der Waals surface area contributed by atoms with Crippen LogP contribution in [0.4, 0.5) is 26.5 Å². The molecule has 0 radical (unpaired) electrons. The zero-order valence-corrected chi connectivity index (χ0v) is 15.3. The first kappa shape index (κ1) is 17.5. The van der Waals surface area contributed by atoms with E-state index in [1.54, 1.807) is 17.3 Å². The predicted molar refractivity (Wildman–Crippen MR) is 99.4 cm³/mol. The van der Waals surface area contributed by atoms with Gasteiger partial charge in [-0.15, -0.1) is 0 Å². The summed E-state index contributed by atoms with van der Waals surface area (Å²) in [5.74, 6) is -1.53. The Bertz CT molecular complexity index is 879. The maximum absolute atomic E-state index is 14.0. The summed E-state index contributed by atoms with van der Waals surface area (Å²) in [5, 5.41) is 0. The molecule has 0 aromatic carbocycles. The van der Waals surface area contributed by atoms with Crippen molar-refractivity contribution < 1.29 is 13.5 Å². The normalized spacial score (nSPS) is 26.1. The molecule has 3 aliphatic heterocycles. The summed E-state index contributed by atoms with van der Waals surface area (Å²) in [6.07, 6.45) is 4.63. The zero-order chi connectivity index (χ0) is 19.3. The monoisotopic (exact) mass is 389 g/mol. The molecule has 28 heavy (non-hydrogen) atoms. The van der Waals surface area contributed by atoms with Crippen molar-refractivity contribution in [1.82, 2.24) is 19.9 Å². The highest BCUT2D eigenvalue weighted by Gasteiger charge is 2.41. The molecule has 0 spiro atoms. The molecule has 0 saturated carbocycles. The van der Waals surface area contributed by atoms with Crippen molar-refractivity contribution in [3.8, 4) is 11.3 Å². The third-order valence-corrected chi connectivity index (χ3v) is 5.54. The number of hydrogen-bond acceptors (Lipinski definition) is 8. The molecule has 2 atom stereocenters. The molecule has 3 fully saturated rings. The van der Waals surface area contributed by atoms with Crippen LogP contribution in [-0.4, -0.2) is 64.2 Å². The summed E-state index contributed by atoms with van der Waals surface area (Å²) in [6.45, 7) is 1.54. The number of rotatable bonds is 3. The molecule has 0 unspecified atom stereocenters. The zero-order valence-electron chi connectivity index (χ0n) is 15.3. The first-order valence-electron chi connectivity index (χ1n) is 9.45. The van der Waals surface area contributed by atoms with Crippen LogP contribution in [0.2, 0.25) is 0 Å². The van der Waals surface area contributed by atoms with E-state index in [0.717, 1.165) is 18.8 Å². The largest absolute Gasteiger partial charge is 0.374 e. The lowest BCUT2D eigenvalue weighted by Gasteiger charge is -2.34. The fourth-order valence-electron chi connectivity index (χ4n) is 4.15. The van der Waals surface area contributed by atoms with E-state index >= 15 is 0 Å². The SMILES string of the molecule is Nc1ncc(-c2cc(N3C[C@@H]4C[C@H]3CO4)nc(N3CCCC(F)(F)C3)n2)cn1. The lowest BCUT2D eigenvalue weighted by Crippen LogP contribution is -2.44. The van der Waals surface area contributed by atoms with E-state index in [9.17, 15) is 8.78 Å². The number of morpholine rings is 1. The molecule has 3 saturated heterocycles. The van der Waals surface area contributed by atoms with Gasteiger partial charge in [0.15, 0.2) is 0 Å². The third-order valence-electron chi connectivity index (χ3n) is 5.54. The minimum Gasteiger partial charge on any atom is -0.374 e. The number of anilines is 3. The number of halogens is 2. The van der Waals surface area contributed by atoms with Gasteiger partial charge in [-0.2, -0.15) is 4.98 Å². The van der Waals surface area contributed by atoms with E-state index < -0.39 is 5.92 Å². The van der Waals surface area contributed by atoms with E-state index in [1.165, 1.54) is 0 Å². The minimum atomic E-state index is -2.73. The molecule has 8 nitrogen and oxygen atoms in total. The number of nitrogens with two attached hydrogens (primary N) is 1. The van der Waals surface area contributed by atoms with Crippen molar-refractivity contribution in [2.45, 2.75) is 37.3 Å². The summed E-state index contributed by atoms with van der Waals surface area (Å²) >= 11 is 0. The van der Waals surface area contributed by atoms with E-state index in [1.807, 2.05) is 6.07 Å². The average molecular weight is 389 g/mol. The van der Waals surface area contributed by atoms with Crippen LogP contribution in [0.25, 0.3) is 11.3 Å². The van der Waals surface area contributed by atoms with Gasteiger partial charge in [-0.05, 0) is 12.8 Å². The summed E-state index contributed by atoms with van der Waals surface area (Å²) in [4.78, 5) is 21.0. The number of nitrogens with zero attached hydrogens (tertiary/aromatic N) is 6. The molecule has 0 aliphatic carbocycles. The third kappa shape index (κ3) is 3.21. The summed E-state index contributed by atoms with van der Waals surface area (Å²) in [7, 11) is 0. The van der Waals surface area contributed by atoms with Crippen LogP contribution in [0.5, 0.6) is 0 Å². The van der Waals surface area contributed by atoms with Gasteiger partial charge in [0, 0.05) is 43.5 Å². The van der Waals surface area contributed by atoms with Gasteiger partial charge in [-0.3, -0.25) is 0 Å². The lowest BCUT2D eigenvalue weighted by molar-refractivity contribution is -0.0120. The molecule has 2 aromatic rings. The molecular weight excluding hydrogens is 368 g/mol. The van der Waals surface area contributed by atoms with Crippen molar-refractivity contribution in [3.05, 3.63) is 18.5 Å². The van der Waals surface area contributed by atoms with E-state index in [4.69, 9.17) is 10.5 Å². The van der Waals surface area contributed by atoms with Crippen molar-refractivity contribution >= 4 is 17.7 Å². The van der Waals surface area contributed by atoms with Gasteiger partial charge in [0.25, 0.3) is 5.92 Å². The van der Waals surface area contributed by atoms with Gasteiger partial charge in [0.1, 0.15) is 5.82 Å². The number of hydrogen-bond donors (Lipinski definition) is 1. The number of ether oxygens (including phenoxy) is 1. The Balaban J connectivity index is 1.55. The van der Waals surface area contributed by atoms with Crippen molar-refractivity contribution in [2.75, 3.05) is 41.8 Å². The van der Waals surface area contributed by atoms with E-state index in [0.29, 0.717) is 36.8 Å². The van der Waals surface area contributed by atoms with E-state index in [2.05, 4.69) is 24.8 Å². The van der Waals surface area contributed by atoms with Crippen LogP contribution >= 0.6 is 0 Å². The van der Waals surface area contributed by atoms with E-state index in [-0.39, 0.29) is 31.1 Å². The average Bonchev–Trinajstić information content (AvgIpc) is 3.31.